The van der Waals surface area contributed by atoms with Crippen LogP contribution in [0.25, 0.3) is 0 Å². The molecule has 0 aliphatic rings. The fourth-order valence-electron chi connectivity index (χ4n) is 2.00. The van der Waals surface area contributed by atoms with E-state index >= 15 is 0 Å². The summed E-state index contributed by atoms with van der Waals surface area (Å²) < 4.78 is 1.55. The zero-order valence-electron chi connectivity index (χ0n) is 11.1. The Morgan fingerprint density at radius 1 is 1.41 bits per heavy atom. The number of amides is 1. The number of nitrogens with one attached hydrogen (secondary N) is 1. The molecule has 0 aliphatic heterocycles. The van der Waals surface area contributed by atoms with Gasteiger partial charge in [0, 0.05) is 18.8 Å². The lowest BCUT2D eigenvalue weighted by molar-refractivity contribution is 0.0883. The molecule has 1 aromatic heterocycles. The van der Waals surface area contributed by atoms with Gasteiger partial charge in [0.25, 0.3) is 5.91 Å². The number of anilines is 1. The summed E-state index contributed by atoms with van der Waals surface area (Å²) in [5.74, 6) is -0.186. The minimum Gasteiger partial charge on any atom is -0.396 e. The van der Waals surface area contributed by atoms with Crippen LogP contribution < -0.4 is 11.1 Å². The van der Waals surface area contributed by atoms with Crippen molar-refractivity contribution in [3.05, 3.63) is 11.9 Å². The van der Waals surface area contributed by atoms with Crippen molar-refractivity contribution in [1.82, 2.24) is 15.1 Å². The molecule has 0 unspecified atom stereocenters. The number of nitrogens with two attached hydrogens (primary N) is 1. The van der Waals surface area contributed by atoms with Gasteiger partial charge in [0.05, 0.1) is 5.69 Å². The quantitative estimate of drug-likeness (QED) is 0.820. The Morgan fingerprint density at radius 3 is 2.29 bits per heavy atom. The molecule has 17 heavy (non-hydrogen) atoms. The molecular weight excluding hydrogens is 216 g/mol. The third kappa shape index (κ3) is 2.78. The fourth-order valence-corrected chi connectivity index (χ4v) is 2.00. The number of hydrogen-bond donors (Lipinski definition) is 2. The average molecular weight is 238 g/mol. The van der Waals surface area contributed by atoms with Crippen LogP contribution in [0, 0.1) is 0 Å². The molecule has 3 N–H and O–H groups in total. The molecule has 1 aromatic rings. The molecule has 0 spiro atoms. The molecule has 0 fully saturated rings. The molecule has 0 saturated carbocycles. The molecule has 0 saturated heterocycles. The van der Waals surface area contributed by atoms with Crippen LogP contribution in [-0.2, 0) is 7.05 Å². The van der Waals surface area contributed by atoms with E-state index in [1.165, 1.54) is 0 Å². The highest BCUT2D eigenvalue weighted by molar-refractivity contribution is 5.97. The predicted octanol–water partition coefficient (Wildman–Crippen LogP) is 1.70. The number of nitrogen functional groups attached to an aromatic ring is 1. The maximum absolute atomic E-state index is 12.1. The molecule has 96 valence electrons. The molecule has 0 aliphatic carbocycles. The number of aryl methyl sites for hydroxylation is 1. The van der Waals surface area contributed by atoms with Crippen molar-refractivity contribution in [2.75, 3.05) is 5.73 Å². The highest BCUT2D eigenvalue weighted by Crippen LogP contribution is 2.20. The molecule has 5 heteroatoms. The summed E-state index contributed by atoms with van der Waals surface area (Å²) in [4.78, 5) is 12.1. The van der Waals surface area contributed by atoms with Crippen LogP contribution in [-0.4, -0.2) is 21.2 Å². The van der Waals surface area contributed by atoms with Gasteiger partial charge < -0.3 is 11.1 Å². The lowest BCUT2D eigenvalue weighted by Gasteiger charge is -2.31. The Bertz CT molecular complexity index is 385. The highest BCUT2D eigenvalue weighted by Gasteiger charge is 2.28. The SMILES string of the molecule is CCC(CC)(CC)NC(=O)c1nn(C)cc1N. The monoisotopic (exact) mass is 238 g/mol. The molecule has 1 rings (SSSR count). The summed E-state index contributed by atoms with van der Waals surface area (Å²) in [5.41, 5.74) is 6.32. The summed E-state index contributed by atoms with van der Waals surface area (Å²) in [6.45, 7) is 6.24. The number of carbonyl (C=O) groups excluding carboxylic acids is 1. The summed E-state index contributed by atoms with van der Waals surface area (Å²) in [6.07, 6.45) is 4.34. The third-order valence-corrected chi connectivity index (χ3v) is 3.48. The van der Waals surface area contributed by atoms with Gasteiger partial charge in [0.15, 0.2) is 5.69 Å². The molecule has 5 nitrogen and oxygen atoms in total. The number of hydrogen-bond acceptors (Lipinski definition) is 3. The highest BCUT2D eigenvalue weighted by atomic mass is 16.2. The van der Waals surface area contributed by atoms with E-state index in [9.17, 15) is 4.79 Å². The average Bonchev–Trinajstić information content (AvgIpc) is 2.65. The van der Waals surface area contributed by atoms with Crippen LogP contribution >= 0.6 is 0 Å². The van der Waals surface area contributed by atoms with E-state index in [1.807, 2.05) is 0 Å². The second-order valence-electron chi connectivity index (χ2n) is 4.40. The Hall–Kier alpha value is -1.52. The normalized spacial score (nSPS) is 11.5. The minimum absolute atomic E-state index is 0.152. The number of nitrogens with zero attached hydrogens (tertiary/aromatic N) is 2. The first kappa shape index (κ1) is 13.5. The second kappa shape index (κ2) is 5.21. The van der Waals surface area contributed by atoms with Gasteiger partial charge in [0.2, 0.25) is 0 Å². The molecular formula is C12H22N4O. The van der Waals surface area contributed by atoms with Crippen molar-refractivity contribution in [2.24, 2.45) is 7.05 Å². The van der Waals surface area contributed by atoms with E-state index in [1.54, 1.807) is 17.9 Å². The topological polar surface area (TPSA) is 72.9 Å². The van der Waals surface area contributed by atoms with Gasteiger partial charge in [-0.05, 0) is 19.3 Å². The van der Waals surface area contributed by atoms with E-state index in [0.29, 0.717) is 11.4 Å². The first-order valence-corrected chi connectivity index (χ1v) is 6.09. The molecule has 0 bridgehead atoms. The molecule has 0 radical (unpaired) electrons. The van der Waals surface area contributed by atoms with Gasteiger partial charge in [-0.2, -0.15) is 5.10 Å². The van der Waals surface area contributed by atoms with Gasteiger partial charge in [-0.15, -0.1) is 0 Å². The van der Waals surface area contributed by atoms with E-state index < -0.39 is 0 Å². The van der Waals surface area contributed by atoms with Crippen LogP contribution in [0.5, 0.6) is 0 Å². The first-order valence-electron chi connectivity index (χ1n) is 6.09. The van der Waals surface area contributed by atoms with Crippen LogP contribution in [0.3, 0.4) is 0 Å². The zero-order chi connectivity index (χ0) is 13.1. The van der Waals surface area contributed by atoms with Crippen LogP contribution in [0.15, 0.2) is 6.20 Å². The van der Waals surface area contributed by atoms with Crippen LogP contribution in [0.2, 0.25) is 0 Å². The maximum atomic E-state index is 12.1. The number of aromatic nitrogens is 2. The van der Waals surface area contributed by atoms with Crippen molar-refractivity contribution in [3.8, 4) is 0 Å². The molecule has 0 atom stereocenters. The first-order chi connectivity index (χ1) is 7.98. The summed E-state index contributed by atoms with van der Waals surface area (Å²) >= 11 is 0. The van der Waals surface area contributed by atoms with Gasteiger partial charge in [-0.25, -0.2) is 0 Å². The fraction of sp³-hybridized carbons (Fsp3) is 0.667. The Morgan fingerprint density at radius 2 is 1.94 bits per heavy atom. The van der Waals surface area contributed by atoms with Crippen molar-refractivity contribution >= 4 is 11.6 Å². The zero-order valence-corrected chi connectivity index (χ0v) is 11.1. The van der Waals surface area contributed by atoms with Crippen molar-refractivity contribution in [3.63, 3.8) is 0 Å². The van der Waals surface area contributed by atoms with Gasteiger partial charge in [-0.3, -0.25) is 9.48 Å². The summed E-state index contributed by atoms with van der Waals surface area (Å²) in [6, 6.07) is 0. The Kier molecular flexibility index (Phi) is 4.15. The molecule has 1 heterocycles. The van der Waals surface area contributed by atoms with E-state index in [4.69, 9.17) is 5.73 Å². The van der Waals surface area contributed by atoms with E-state index in [-0.39, 0.29) is 11.4 Å². The van der Waals surface area contributed by atoms with Crippen LogP contribution in [0.4, 0.5) is 5.69 Å². The standard InChI is InChI=1S/C12H22N4O/c1-5-12(6-2,7-3)14-11(17)10-9(13)8-16(4)15-10/h8H,5-7,13H2,1-4H3,(H,14,17). The largest absolute Gasteiger partial charge is 0.396 e. The smallest absolute Gasteiger partial charge is 0.274 e. The van der Waals surface area contributed by atoms with Crippen LogP contribution in [0.1, 0.15) is 50.5 Å². The lowest BCUT2D eigenvalue weighted by Crippen LogP contribution is -2.47. The maximum Gasteiger partial charge on any atom is 0.274 e. The van der Waals surface area contributed by atoms with Crippen molar-refractivity contribution in [2.45, 2.75) is 45.6 Å². The van der Waals surface area contributed by atoms with Crippen molar-refractivity contribution in [1.29, 1.82) is 0 Å². The third-order valence-electron chi connectivity index (χ3n) is 3.48. The second-order valence-corrected chi connectivity index (χ2v) is 4.40. The number of rotatable bonds is 5. The molecule has 0 aromatic carbocycles. The Balaban J connectivity index is 2.88. The lowest BCUT2D eigenvalue weighted by atomic mass is 9.89. The summed E-state index contributed by atoms with van der Waals surface area (Å²) in [7, 11) is 1.75. The van der Waals surface area contributed by atoms with E-state index in [0.717, 1.165) is 19.3 Å². The molecule has 1 amide bonds. The van der Waals surface area contributed by atoms with E-state index in [2.05, 4.69) is 31.2 Å². The van der Waals surface area contributed by atoms with Crippen molar-refractivity contribution < 1.29 is 4.79 Å². The number of carbonyl (C=O) groups is 1. The minimum atomic E-state index is -0.186. The summed E-state index contributed by atoms with van der Waals surface area (Å²) in [5, 5.41) is 7.13. The van der Waals surface area contributed by atoms with Gasteiger partial charge >= 0.3 is 0 Å². The van der Waals surface area contributed by atoms with Gasteiger partial charge in [-0.1, -0.05) is 20.8 Å². The Labute approximate surface area is 102 Å². The predicted molar refractivity (Wildman–Crippen MR) is 68.7 cm³/mol. The van der Waals surface area contributed by atoms with Gasteiger partial charge in [0.1, 0.15) is 0 Å².